The highest BCUT2D eigenvalue weighted by molar-refractivity contribution is 7.15. The predicted octanol–water partition coefficient (Wildman–Crippen LogP) is 3.52. The number of benzene rings is 1. The van der Waals surface area contributed by atoms with E-state index in [1.165, 1.54) is 11.3 Å². The Morgan fingerprint density at radius 2 is 1.88 bits per heavy atom. The first-order valence-electron chi connectivity index (χ1n) is 7.42. The van der Waals surface area contributed by atoms with Gasteiger partial charge >= 0.3 is 0 Å². The fourth-order valence-corrected chi connectivity index (χ4v) is 3.47. The maximum absolute atomic E-state index is 12.7. The number of aryl methyl sites for hydroxylation is 3. The largest absolute Gasteiger partial charge is 0.496 e. The number of anilines is 1. The van der Waals surface area contributed by atoms with Crippen LogP contribution in [-0.4, -0.2) is 29.7 Å². The monoisotopic (exact) mass is 345 g/mol. The summed E-state index contributed by atoms with van der Waals surface area (Å²) in [5.41, 5.74) is 2.25. The number of carbonyl (C=O) groups is 1. The molecule has 0 aliphatic heterocycles. The van der Waals surface area contributed by atoms with Crippen molar-refractivity contribution < 1.29 is 14.3 Å². The number of ether oxygens (including phenoxy) is 2. The lowest BCUT2D eigenvalue weighted by molar-refractivity contribution is 0.101. The van der Waals surface area contributed by atoms with Crippen LogP contribution in [0, 0.1) is 13.8 Å². The zero-order valence-electron chi connectivity index (χ0n) is 14.3. The third-order valence-corrected chi connectivity index (χ3v) is 5.03. The summed E-state index contributed by atoms with van der Waals surface area (Å²) in [6, 6.07) is 5.46. The van der Waals surface area contributed by atoms with Gasteiger partial charge in [-0.3, -0.25) is 10.1 Å². The van der Waals surface area contributed by atoms with Gasteiger partial charge in [-0.25, -0.2) is 4.98 Å². The van der Waals surface area contributed by atoms with Gasteiger partial charge in [-0.15, -0.1) is 11.3 Å². The minimum atomic E-state index is -0.216. The van der Waals surface area contributed by atoms with Crippen molar-refractivity contribution >= 4 is 33.3 Å². The number of amides is 1. The number of hydrogen-bond donors (Lipinski definition) is 1. The average molecular weight is 345 g/mol. The molecular formula is C17H19N3O3S. The smallest absolute Gasteiger partial charge is 0.274 e. The molecule has 0 aliphatic carbocycles. The Morgan fingerprint density at radius 1 is 1.21 bits per heavy atom. The highest BCUT2D eigenvalue weighted by Crippen LogP contribution is 2.35. The molecule has 0 saturated carbocycles. The Kier molecular flexibility index (Phi) is 4.19. The topological polar surface area (TPSA) is 65.4 Å². The zero-order valence-corrected chi connectivity index (χ0v) is 15.1. The quantitative estimate of drug-likeness (QED) is 0.786. The molecule has 0 bridgehead atoms. The predicted molar refractivity (Wildman–Crippen MR) is 95.6 cm³/mol. The molecule has 126 valence electrons. The number of fused-ring (bicyclic) bond motifs is 1. The average Bonchev–Trinajstić information content (AvgIpc) is 3.07. The summed E-state index contributed by atoms with van der Waals surface area (Å²) in [5, 5.41) is 4.29. The molecule has 3 aromatic rings. The van der Waals surface area contributed by atoms with Gasteiger partial charge in [-0.2, -0.15) is 0 Å². The molecule has 3 rings (SSSR count). The maximum Gasteiger partial charge on any atom is 0.274 e. The Balaban J connectivity index is 2.06. The molecule has 7 heteroatoms. The van der Waals surface area contributed by atoms with E-state index in [0.29, 0.717) is 22.3 Å². The summed E-state index contributed by atoms with van der Waals surface area (Å²) in [6.07, 6.45) is 0. The first-order valence-corrected chi connectivity index (χ1v) is 8.23. The van der Waals surface area contributed by atoms with E-state index in [1.807, 2.05) is 33.0 Å². The van der Waals surface area contributed by atoms with Crippen LogP contribution in [0.15, 0.2) is 18.2 Å². The molecule has 0 atom stereocenters. The first kappa shape index (κ1) is 16.3. The van der Waals surface area contributed by atoms with Crippen LogP contribution in [0.4, 0.5) is 5.13 Å². The fourth-order valence-electron chi connectivity index (χ4n) is 2.66. The van der Waals surface area contributed by atoms with Crippen molar-refractivity contribution in [2.24, 2.45) is 7.05 Å². The standard InChI is InChI=1S/C17H19N3O3S/c1-9-10(2)24-17(18-9)19-16(21)12-8-11-13(22-4)6-7-14(23-5)15(11)20(12)3/h6-8H,1-5H3,(H,18,19,21). The normalized spacial score (nSPS) is 10.9. The lowest BCUT2D eigenvalue weighted by Crippen LogP contribution is -2.15. The molecule has 2 heterocycles. The van der Waals surface area contributed by atoms with Crippen molar-refractivity contribution in [1.82, 2.24) is 9.55 Å². The van der Waals surface area contributed by atoms with E-state index in [1.54, 1.807) is 24.9 Å². The van der Waals surface area contributed by atoms with Crippen LogP contribution < -0.4 is 14.8 Å². The molecule has 0 fully saturated rings. The molecule has 1 amide bonds. The molecule has 6 nitrogen and oxygen atoms in total. The van der Waals surface area contributed by atoms with Gasteiger partial charge in [0, 0.05) is 17.3 Å². The molecule has 0 spiro atoms. The van der Waals surface area contributed by atoms with E-state index in [9.17, 15) is 4.79 Å². The molecule has 0 unspecified atom stereocenters. The second-order valence-electron chi connectivity index (χ2n) is 5.44. The summed E-state index contributed by atoms with van der Waals surface area (Å²) < 4.78 is 12.6. The van der Waals surface area contributed by atoms with E-state index in [2.05, 4.69) is 10.3 Å². The van der Waals surface area contributed by atoms with Crippen LogP contribution in [0.2, 0.25) is 0 Å². The van der Waals surface area contributed by atoms with E-state index >= 15 is 0 Å². The molecule has 24 heavy (non-hydrogen) atoms. The van der Waals surface area contributed by atoms with Gasteiger partial charge in [0.2, 0.25) is 0 Å². The third kappa shape index (κ3) is 2.60. The summed E-state index contributed by atoms with van der Waals surface area (Å²) in [4.78, 5) is 18.1. The Labute approximate surface area is 144 Å². The van der Waals surface area contributed by atoms with Crippen molar-refractivity contribution in [3.8, 4) is 11.5 Å². The van der Waals surface area contributed by atoms with Gasteiger partial charge in [0.05, 0.1) is 25.4 Å². The Hall–Kier alpha value is -2.54. The summed E-state index contributed by atoms with van der Waals surface area (Å²) in [6.45, 7) is 3.91. The van der Waals surface area contributed by atoms with Crippen LogP contribution in [-0.2, 0) is 7.05 Å². The number of methoxy groups -OCH3 is 2. The van der Waals surface area contributed by atoms with E-state index in [-0.39, 0.29) is 5.91 Å². The SMILES string of the molecule is COc1ccc(OC)c2c1cc(C(=O)Nc1nc(C)c(C)s1)n2C. The van der Waals surface area contributed by atoms with E-state index in [0.717, 1.165) is 21.5 Å². The second kappa shape index (κ2) is 6.16. The Morgan fingerprint density at radius 3 is 2.46 bits per heavy atom. The molecule has 0 radical (unpaired) electrons. The molecule has 1 N–H and O–H groups in total. The molecule has 2 aromatic heterocycles. The van der Waals surface area contributed by atoms with Crippen LogP contribution in [0.25, 0.3) is 10.9 Å². The number of aromatic nitrogens is 2. The fraction of sp³-hybridized carbons (Fsp3) is 0.294. The number of rotatable bonds is 4. The van der Waals surface area contributed by atoms with E-state index in [4.69, 9.17) is 9.47 Å². The zero-order chi connectivity index (χ0) is 17.4. The summed E-state index contributed by atoms with van der Waals surface area (Å²) in [7, 11) is 5.04. The van der Waals surface area contributed by atoms with Crippen molar-refractivity contribution in [3.63, 3.8) is 0 Å². The van der Waals surface area contributed by atoms with Gasteiger partial charge < -0.3 is 14.0 Å². The lowest BCUT2D eigenvalue weighted by atomic mass is 10.2. The van der Waals surface area contributed by atoms with Gasteiger partial charge in [-0.05, 0) is 32.0 Å². The van der Waals surface area contributed by atoms with Crippen LogP contribution in [0.3, 0.4) is 0 Å². The van der Waals surface area contributed by atoms with Crippen LogP contribution in [0.1, 0.15) is 21.1 Å². The minimum absolute atomic E-state index is 0.216. The summed E-state index contributed by atoms with van der Waals surface area (Å²) in [5.74, 6) is 1.17. The first-order chi connectivity index (χ1) is 11.5. The molecule has 0 saturated heterocycles. The summed E-state index contributed by atoms with van der Waals surface area (Å²) >= 11 is 1.46. The number of nitrogens with zero attached hydrogens (tertiary/aromatic N) is 2. The van der Waals surface area contributed by atoms with Crippen LogP contribution in [0.5, 0.6) is 11.5 Å². The Bertz CT molecular complexity index is 907. The minimum Gasteiger partial charge on any atom is -0.496 e. The van der Waals surface area contributed by atoms with Crippen molar-refractivity contribution in [2.75, 3.05) is 19.5 Å². The molecular weight excluding hydrogens is 326 g/mol. The maximum atomic E-state index is 12.7. The number of thiazole rings is 1. The van der Waals surface area contributed by atoms with Crippen LogP contribution >= 0.6 is 11.3 Å². The van der Waals surface area contributed by atoms with Gasteiger partial charge in [0.15, 0.2) is 5.13 Å². The number of hydrogen-bond acceptors (Lipinski definition) is 5. The number of carbonyl (C=O) groups excluding carboxylic acids is 1. The van der Waals surface area contributed by atoms with Gasteiger partial charge in [-0.1, -0.05) is 0 Å². The van der Waals surface area contributed by atoms with Crippen molar-refractivity contribution in [3.05, 3.63) is 34.5 Å². The van der Waals surface area contributed by atoms with Crippen molar-refractivity contribution in [2.45, 2.75) is 13.8 Å². The molecule has 1 aromatic carbocycles. The number of nitrogens with one attached hydrogen (secondary N) is 1. The van der Waals surface area contributed by atoms with Crippen molar-refractivity contribution in [1.29, 1.82) is 0 Å². The van der Waals surface area contributed by atoms with Gasteiger partial charge in [0.25, 0.3) is 5.91 Å². The highest BCUT2D eigenvalue weighted by atomic mass is 32.1. The highest BCUT2D eigenvalue weighted by Gasteiger charge is 2.20. The second-order valence-corrected chi connectivity index (χ2v) is 6.64. The third-order valence-electron chi connectivity index (χ3n) is 4.04. The molecule has 0 aliphatic rings. The van der Waals surface area contributed by atoms with E-state index < -0.39 is 0 Å². The van der Waals surface area contributed by atoms with Gasteiger partial charge in [0.1, 0.15) is 17.2 Å². The lowest BCUT2D eigenvalue weighted by Gasteiger charge is -2.08.